The van der Waals surface area contributed by atoms with Crippen LogP contribution in [0.2, 0.25) is 0 Å². The summed E-state index contributed by atoms with van der Waals surface area (Å²) in [6, 6.07) is 11.4. The smallest absolute Gasteiger partial charge is 0.336 e. The summed E-state index contributed by atoms with van der Waals surface area (Å²) in [5.74, 6) is -1.67. The van der Waals surface area contributed by atoms with Crippen molar-refractivity contribution in [3.8, 4) is 0 Å². The second-order valence-corrected chi connectivity index (χ2v) is 4.43. The van der Waals surface area contributed by atoms with Gasteiger partial charge in [-0.25, -0.2) is 4.79 Å². The third-order valence-corrected chi connectivity index (χ3v) is 2.83. The Morgan fingerprint density at radius 3 is 2.30 bits per heavy atom. The van der Waals surface area contributed by atoms with Crippen LogP contribution in [0.15, 0.2) is 42.5 Å². The molecule has 0 unspecified atom stereocenters. The second kappa shape index (κ2) is 5.44. The van der Waals surface area contributed by atoms with Gasteiger partial charge in [0.05, 0.1) is 11.1 Å². The van der Waals surface area contributed by atoms with Crippen LogP contribution in [0.3, 0.4) is 0 Å². The number of nitrogens with two attached hydrogens (primary N) is 1. The van der Waals surface area contributed by atoms with Crippen molar-refractivity contribution in [2.24, 2.45) is 0 Å². The van der Waals surface area contributed by atoms with Gasteiger partial charge in [0, 0.05) is 11.4 Å². The minimum Gasteiger partial charge on any atom is -0.478 e. The maximum atomic E-state index is 12.1. The Kier molecular flexibility index (Phi) is 3.70. The molecule has 5 heteroatoms. The van der Waals surface area contributed by atoms with Crippen molar-refractivity contribution < 1.29 is 14.7 Å². The Labute approximate surface area is 116 Å². The lowest BCUT2D eigenvalue weighted by Gasteiger charge is -2.08. The Balaban J connectivity index is 2.29. The van der Waals surface area contributed by atoms with E-state index < -0.39 is 11.9 Å². The van der Waals surface area contributed by atoms with Crippen molar-refractivity contribution in [1.82, 2.24) is 0 Å². The first-order valence-corrected chi connectivity index (χ1v) is 5.98. The highest BCUT2D eigenvalue weighted by molar-refractivity contribution is 6.11. The molecule has 0 saturated heterocycles. The fraction of sp³-hybridized carbons (Fsp3) is 0.0667. The molecule has 0 spiro atoms. The van der Waals surface area contributed by atoms with E-state index in [1.54, 1.807) is 12.1 Å². The Hall–Kier alpha value is -2.82. The zero-order valence-corrected chi connectivity index (χ0v) is 10.9. The van der Waals surface area contributed by atoms with E-state index in [9.17, 15) is 9.59 Å². The Bertz CT molecular complexity index is 663. The van der Waals surface area contributed by atoms with Gasteiger partial charge in [-0.3, -0.25) is 4.79 Å². The molecular formula is C15H14N2O3. The molecule has 0 heterocycles. The molecule has 0 bridgehead atoms. The van der Waals surface area contributed by atoms with Crippen molar-refractivity contribution in [2.45, 2.75) is 6.92 Å². The number of nitrogen functional groups attached to an aromatic ring is 1. The molecule has 0 atom stereocenters. The molecule has 2 aromatic carbocycles. The van der Waals surface area contributed by atoms with Crippen LogP contribution < -0.4 is 11.1 Å². The Morgan fingerprint density at radius 2 is 1.70 bits per heavy atom. The number of rotatable bonds is 3. The number of aromatic carboxylic acids is 1. The van der Waals surface area contributed by atoms with Crippen LogP contribution in [0.4, 0.5) is 11.4 Å². The summed E-state index contributed by atoms with van der Waals surface area (Å²) in [5.41, 5.74) is 7.48. The van der Waals surface area contributed by atoms with Crippen molar-refractivity contribution in [2.75, 3.05) is 11.1 Å². The van der Waals surface area contributed by atoms with Gasteiger partial charge in [0.1, 0.15) is 0 Å². The molecule has 0 aliphatic heterocycles. The summed E-state index contributed by atoms with van der Waals surface area (Å²) < 4.78 is 0. The fourth-order valence-electron chi connectivity index (χ4n) is 1.77. The molecule has 20 heavy (non-hydrogen) atoms. The summed E-state index contributed by atoms with van der Waals surface area (Å²) in [6.07, 6.45) is 0. The molecule has 0 aromatic heterocycles. The van der Waals surface area contributed by atoms with Gasteiger partial charge < -0.3 is 16.2 Å². The van der Waals surface area contributed by atoms with Crippen molar-refractivity contribution >= 4 is 23.3 Å². The van der Waals surface area contributed by atoms with Crippen LogP contribution in [0, 0.1) is 6.92 Å². The number of nitrogens with one attached hydrogen (secondary N) is 1. The van der Waals surface area contributed by atoms with Gasteiger partial charge in [-0.2, -0.15) is 0 Å². The minimum atomic E-state index is -1.19. The zero-order chi connectivity index (χ0) is 14.7. The van der Waals surface area contributed by atoms with E-state index in [2.05, 4.69) is 5.32 Å². The van der Waals surface area contributed by atoms with Gasteiger partial charge in [-0.1, -0.05) is 17.7 Å². The van der Waals surface area contributed by atoms with Crippen LogP contribution in [-0.2, 0) is 0 Å². The number of carboxylic acids is 1. The van der Waals surface area contributed by atoms with E-state index in [4.69, 9.17) is 10.8 Å². The summed E-state index contributed by atoms with van der Waals surface area (Å²) in [6.45, 7) is 1.94. The molecular weight excluding hydrogens is 256 g/mol. The van der Waals surface area contributed by atoms with Crippen LogP contribution in [0.1, 0.15) is 26.3 Å². The number of carbonyl (C=O) groups excluding carboxylic acids is 1. The fourth-order valence-corrected chi connectivity index (χ4v) is 1.77. The summed E-state index contributed by atoms with van der Waals surface area (Å²) in [7, 11) is 0. The van der Waals surface area contributed by atoms with E-state index in [1.165, 1.54) is 18.2 Å². The third-order valence-electron chi connectivity index (χ3n) is 2.83. The number of aryl methyl sites for hydroxylation is 1. The molecule has 0 aliphatic rings. The molecule has 5 nitrogen and oxygen atoms in total. The number of amides is 1. The van der Waals surface area contributed by atoms with Crippen molar-refractivity contribution in [3.05, 3.63) is 59.2 Å². The number of benzene rings is 2. The van der Waals surface area contributed by atoms with Crippen LogP contribution >= 0.6 is 0 Å². The monoisotopic (exact) mass is 270 g/mol. The highest BCUT2D eigenvalue weighted by Crippen LogP contribution is 2.16. The van der Waals surface area contributed by atoms with Gasteiger partial charge in [0.25, 0.3) is 5.91 Å². The number of anilines is 2. The topological polar surface area (TPSA) is 92.4 Å². The number of hydrogen-bond donors (Lipinski definition) is 3. The summed E-state index contributed by atoms with van der Waals surface area (Å²) in [5, 5.41) is 11.8. The third kappa shape index (κ3) is 2.95. The summed E-state index contributed by atoms with van der Waals surface area (Å²) in [4.78, 5) is 23.3. The Morgan fingerprint density at radius 1 is 1.05 bits per heavy atom. The number of carboxylic acid groups (broad SMARTS) is 1. The van der Waals surface area contributed by atoms with Crippen LogP contribution in [-0.4, -0.2) is 17.0 Å². The van der Waals surface area contributed by atoms with Crippen molar-refractivity contribution in [3.63, 3.8) is 0 Å². The predicted molar refractivity (Wildman–Crippen MR) is 76.9 cm³/mol. The number of carbonyl (C=O) groups is 2. The van der Waals surface area contributed by atoms with Gasteiger partial charge in [0.2, 0.25) is 0 Å². The first-order chi connectivity index (χ1) is 9.47. The van der Waals surface area contributed by atoms with Gasteiger partial charge in [-0.15, -0.1) is 0 Å². The normalized spacial score (nSPS) is 10.1. The number of hydrogen-bond acceptors (Lipinski definition) is 3. The first-order valence-electron chi connectivity index (χ1n) is 5.98. The lowest BCUT2D eigenvalue weighted by molar-refractivity contribution is 0.0692. The predicted octanol–water partition coefficient (Wildman–Crippen LogP) is 2.53. The molecule has 0 radical (unpaired) electrons. The maximum Gasteiger partial charge on any atom is 0.336 e. The molecule has 2 rings (SSSR count). The average molecular weight is 270 g/mol. The first kappa shape index (κ1) is 13.6. The van der Waals surface area contributed by atoms with E-state index in [1.807, 2.05) is 19.1 Å². The quantitative estimate of drug-likeness (QED) is 0.747. The molecule has 2 aromatic rings. The van der Waals surface area contributed by atoms with Crippen molar-refractivity contribution in [1.29, 1.82) is 0 Å². The summed E-state index contributed by atoms with van der Waals surface area (Å²) >= 11 is 0. The maximum absolute atomic E-state index is 12.1. The lowest BCUT2D eigenvalue weighted by Crippen LogP contribution is -2.16. The van der Waals surface area contributed by atoms with Crippen LogP contribution in [0.5, 0.6) is 0 Å². The molecule has 0 aliphatic carbocycles. The highest BCUT2D eigenvalue weighted by atomic mass is 16.4. The molecule has 4 N–H and O–H groups in total. The molecule has 102 valence electrons. The molecule has 0 saturated carbocycles. The van der Waals surface area contributed by atoms with E-state index in [-0.39, 0.29) is 11.1 Å². The average Bonchev–Trinajstić information content (AvgIpc) is 2.41. The standard InChI is InChI=1S/C15H14N2O3/c1-9-2-5-11(6-3-9)17-14(18)12-7-4-10(16)8-13(12)15(19)20/h2-8H,16H2,1H3,(H,17,18)(H,19,20). The van der Waals surface area contributed by atoms with E-state index in [0.717, 1.165) is 5.56 Å². The largest absolute Gasteiger partial charge is 0.478 e. The van der Waals surface area contributed by atoms with E-state index >= 15 is 0 Å². The molecule has 1 amide bonds. The zero-order valence-electron chi connectivity index (χ0n) is 10.9. The minimum absolute atomic E-state index is 0.0762. The second-order valence-electron chi connectivity index (χ2n) is 4.43. The SMILES string of the molecule is Cc1ccc(NC(=O)c2ccc(N)cc2C(=O)O)cc1. The molecule has 0 fully saturated rings. The van der Waals surface area contributed by atoms with Crippen LogP contribution in [0.25, 0.3) is 0 Å². The van der Waals surface area contributed by atoms with Gasteiger partial charge >= 0.3 is 5.97 Å². The van der Waals surface area contributed by atoms with E-state index in [0.29, 0.717) is 11.4 Å². The van der Waals surface area contributed by atoms with Gasteiger partial charge in [-0.05, 0) is 37.3 Å². The highest BCUT2D eigenvalue weighted by Gasteiger charge is 2.16. The van der Waals surface area contributed by atoms with Gasteiger partial charge in [0.15, 0.2) is 0 Å². The lowest BCUT2D eigenvalue weighted by atomic mass is 10.1.